The number of para-hydroxylation sites is 1. The number of hydrogen-bond acceptors (Lipinski definition) is 6. The van der Waals surface area contributed by atoms with E-state index in [1.807, 2.05) is 48.5 Å². The molecule has 0 bridgehead atoms. The fourth-order valence-corrected chi connectivity index (χ4v) is 3.17. The molecule has 0 unspecified atom stereocenters. The van der Waals surface area contributed by atoms with Crippen molar-refractivity contribution in [1.29, 1.82) is 0 Å². The van der Waals surface area contributed by atoms with Crippen LogP contribution in [-0.2, 0) is 0 Å². The number of amides is 2. The summed E-state index contributed by atoms with van der Waals surface area (Å²) in [6.07, 6.45) is 2.63. The van der Waals surface area contributed by atoms with E-state index < -0.39 is 6.17 Å². The Morgan fingerprint density at radius 2 is 1.79 bits per heavy atom. The maximum Gasteiger partial charge on any atom is 0.330 e. The Kier molecular flexibility index (Phi) is 5.16. The van der Waals surface area contributed by atoms with Gasteiger partial charge in [-0.1, -0.05) is 34.1 Å². The first kappa shape index (κ1) is 17.9. The number of nitrogens with one attached hydrogen (secondary N) is 1. The minimum absolute atomic E-state index is 0.338. The number of halogens is 1. The van der Waals surface area contributed by atoms with E-state index in [4.69, 9.17) is 0 Å². The van der Waals surface area contributed by atoms with Crippen LogP contribution >= 0.6 is 15.9 Å². The van der Waals surface area contributed by atoms with Crippen molar-refractivity contribution in [2.45, 2.75) is 6.17 Å². The Hall–Kier alpha value is -3.46. The first-order chi connectivity index (χ1) is 13.7. The summed E-state index contributed by atoms with van der Waals surface area (Å²) in [6.45, 7) is 0. The van der Waals surface area contributed by atoms with E-state index >= 15 is 0 Å². The Balaban J connectivity index is 1.79. The SMILES string of the molecule is O=C(Nc1cccnc1)N(c1ccccc1)c1ccc(Br)cc1C1N=NN=N1. The van der Waals surface area contributed by atoms with Crippen molar-refractivity contribution < 1.29 is 4.79 Å². The van der Waals surface area contributed by atoms with E-state index in [0.717, 1.165) is 4.47 Å². The van der Waals surface area contributed by atoms with E-state index in [1.165, 1.54) is 0 Å². The number of aromatic nitrogens is 1. The molecule has 3 aromatic rings. The van der Waals surface area contributed by atoms with E-state index in [0.29, 0.717) is 22.6 Å². The van der Waals surface area contributed by atoms with Crippen molar-refractivity contribution in [3.63, 3.8) is 0 Å². The highest BCUT2D eigenvalue weighted by Crippen LogP contribution is 2.38. The van der Waals surface area contributed by atoms with Crippen LogP contribution in [-0.4, -0.2) is 11.0 Å². The van der Waals surface area contributed by atoms with Crippen LogP contribution in [0.3, 0.4) is 0 Å². The van der Waals surface area contributed by atoms with Crippen molar-refractivity contribution in [2.75, 3.05) is 10.2 Å². The predicted molar refractivity (Wildman–Crippen MR) is 108 cm³/mol. The molecular weight excluding hydrogens is 422 g/mol. The summed E-state index contributed by atoms with van der Waals surface area (Å²) in [4.78, 5) is 18.8. The second kappa shape index (κ2) is 8.05. The third kappa shape index (κ3) is 3.79. The molecule has 0 fully saturated rings. The van der Waals surface area contributed by atoms with Gasteiger partial charge >= 0.3 is 6.03 Å². The van der Waals surface area contributed by atoms with Gasteiger partial charge in [0.05, 0.1) is 23.3 Å². The summed E-state index contributed by atoms with van der Waals surface area (Å²) in [5.74, 6) is 0. The molecule has 138 valence electrons. The molecular formula is C19H14BrN7O. The average molecular weight is 436 g/mol. The molecule has 1 N–H and O–H groups in total. The van der Waals surface area contributed by atoms with Crippen LogP contribution in [0.1, 0.15) is 11.7 Å². The molecule has 28 heavy (non-hydrogen) atoms. The first-order valence-corrected chi connectivity index (χ1v) is 9.17. The molecule has 0 saturated heterocycles. The van der Waals surface area contributed by atoms with Gasteiger partial charge in [0.15, 0.2) is 0 Å². The quantitative estimate of drug-likeness (QED) is 0.539. The van der Waals surface area contributed by atoms with E-state index in [1.54, 1.807) is 29.4 Å². The smallest absolute Gasteiger partial charge is 0.306 e. The highest BCUT2D eigenvalue weighted by Gasteiger charge is 2.26. The molecule has 0 atom stereocenters. The zero-order valence-corrected chi connectivity index (χ0v) is 16.1. The minimum atomic E-state index is -0.607. The van der Waals surface area contributed by atoms with E-state index in [9.17, 15) is 4.79 Å². The van der Waals surface area contributed by atoms with Crippen molar-refractivity contribution >= 4 is 39.0 Å². The van der Waals surface area contributed by atoms with Gasteiger partial charge in [0, 0.05) is 16.2 Å². The number of pyridine rings is 1. The number of rotatable bonds is 4. The number of nitrogens with zero attached hydrogens (tertiary/aromatic N) is 6. The number of anilines is 3. The van der Waals surface area contributed by atoms with Crippen molar-refractivity contribution in [1.82, 2.24) is 4.98 Å². The van der Waals surface area contributed by atoms with Crippen LogP contribution in [0, 0.1) is 0 Å². The molecule has 0 saturated carbocycles. The summed E-state index contributed by atoms with van der Waals surface area (Å²) >= 11 is 3.47. The van der Waals surface area contributed by atoms with Crippen LogP contribution in [0.25, 0.3) is 0 Å². The van der Waals surface area contributed by atoms with Crippen LogP contribution < -0.4 is 10.2 Å². The van der Waals surface area contributed by atoms with E-state index in [-0.39, 0.29) is 6.03 Å². The molecule has 1 aliphatic rings. The monoisotopic (exact) mass is 435 g/mol. The van der Waals surface area contributed by atoms with Gasteiger partial charge in [-0.15, -0.1) is 10.2 Å². The number of urea groups is 1. The van der Waals surface area contributed by atoms with Crippen molar-refractivity contribution in [3.8, 4) is 0 Å². The summed E-state index contributed by atoms with van der Waals surface area (Å²) in [7, 11) is 0. The molecule has 2 amide bonds. The summed E-state index contributed by atoms with van der Waals surface area (Å²) in [5.41, 5.74) is 2.61. The van der Waals surface area contributed by atoms with Gasteiger partial charge in [-0.25, -0.2) is 4.79 Å². The third-order valence-corrected chi connectivity index (χ3v) is 4.49. The molecule has 1 aliphatic heterocycles. The van der Waals surface area contributed by atoms with E-state index in [2.05, 4.69) is 46.9 Å². The van der Waals surface area contributed by atoms with Gasteiger partial charge in [0.1, 0.15) is 0 Å². The van der Waals surface area contributed by atoms with Gasteiger partial charge in [0.2, 0.25) is 6.17 Å². The zero-order chi connectivity index (χ0) is 19.3. The lowest BCUT2D eigenvalue weighted by Gasteiger charge is -2.26. The zero-order valence-electron chi connectivity index (χ0n) is 14.5. The molecule has 8 nitrogen and oxygen atoms in total. The van der Waals surface area contributed by atoms with Crippen LogP contribution in [0.15, 0.2) is 98.2 Å². The lowest BCUT2D eigenvalue weighted by Crippen LogP contribution is -2.31. The first-order valence-electron chi connectivity index (χ1n) is 8.38. The molecule has 0 aliphatic carbocycles. The highest BCUT2D eigenvalue weighted by atomic mass is 79.9. The van der Waals surface area contributed by atoms with Crippen LogP contribution in [0.4, 0.5) is 21.9 Å². The Labute approximate surface area is 169 Å². The van der Waals surface area contributed by atoms with Gasteiger partial charge < -0.3 is 5.32 Å². The van der Waals surface area contributed by atoms with Gasteiger partial charge in [-0.3, -0.25) is 9.88 Å². The predicted octanol–water partition coefficient (Wildman–Crippen LogP) is 6.05. The van der Waals surface area contributed by atoms with Crippen LogP contribution in [0.2, 0.25) is 0 Å². The van der Waals surface area contributed by atoms with Crippen LogP contribution in [0.5, 0.6) is 0 Å². The van der Waals surface area contributed by atoms with Gasteiger partial charge in [-0.2, -0.15) is 0 Å². The maximum absolute atomic E-state index is 13.2. The van der Waals surface area contributed by atoms with Crippen molar-refractivity contribution in [2.24, 2.45) is 20.7 Å². The largest absolute Gasteiger partial charge is 0.330 e. The minimum Gasteiger partial charge on any atom is -0.306 e. The summed E-state index contributed by atoms with van der Waals surface area (Å²) < 4.78 is 0.837. The third-order valence-electron chi connectivity index (χ3n) is 4.00. The molecule has 0 spiro atoms. The van der Waals surface area contributed by atoms with Gasteiger partial charge in [-0.05, 0) is 52.9 Å². The fourth-order valence-electron chi connectivity index (χ4n) is 2.79. The Bertz CT molecular complexity index is 1030. The maximum atomic E-state index is 13.2. The summed E-state index contributed by atoms with van der Waals surface area (Å²) in [6, 6.07) is 18.1. The standard InChI is InChI=1S/C19H14BrN7O/c20-13-8-9-17(16(11-13)18-23-25-26-24-18)27(15-6-2-1-3-7-15)19(28)22-14-5-4-10-21-12-14/h1-12,18H,(H,22,28). The second-order valence-corrected chi connectivity index (χ2v) is 6.75. The number of benzene rings is 2. The highest BCUT2D eigenvalue weighted by molar-refractivity contribution is 9.10. The lowest BCUT2D eigenvalue weighted by molar-refractivity contribution is 0.259. The number of hydrogen-bond donors (Lipinski definition) is 1. The molecule has 1 aromatic heterocycles. The summed E-state index contributed by atoms with van der Waals surface area (Å²) in [5, 5.41) is 18.1. The normalized spacial score (nSPS) is 12.9. The number of carbonyl (C=O) groups is 1. The fraction of sp³-hybridized carbons (Fsp3) is 0.0526. The topological polar surface area (TPSA) is 94.7 Å². The second-order valence-electron chi connectivity index (χ2n) is 5.83. The Morgan fingerprint density at radius 1 is 1.00 bits per heavy atom. The molecule has 4 rings (SSSR count). The average Bonchev–Trinajstić information content (AvgIpc) is 3.25. The Morgan fingerprint density at radius 3 is 2.50 bits per heavy atom. The molecule has 2 heterocycles. The van der Waals surface area contributed by atoms with Gasteiger partial charge in [0.25, 0.3) is 0 Å². The number of carbonyl (C=O) groups excluding carboxylic acids is 1. The lowest BCUT2D eigenvalue weighted by atomic mass is 10.1. The molecule has 2 aromatic carbocycles. The molecule has 9 heteroatoms. The van der Waals surface area contributed by atoms with Crippen molar-refractivity contribution in [3.05, 3.63) is 83.1 Å². The molecule has 0 radical (unpaired) electrons.